The minimum Gasteiger partial charge on any atom is -0.360 e. The molecule has 27 heavy (non-hydrogen) atoms. The van der Waals surface area contributed by atoms with Gasteiger partial charge in [-0.05, 0) is 30.5 Å². The minimum atomic E-state index is -3.70. The summed E-state index contributed by atoms with van der Waals surface area (Å²) in [6.45, 7) is 1.16. The van der Waals surface area contributed by atoms with Crippen LogP contribution in [0.5, 0.6) is 0 Å². The van der Waals surface area contributed by atoms with E-state index >= 15 is 0 Å². The van der Waals surface area contributed by atoms with Crippen molar-refractivity contribution in [1.82, 2.24) is 9.62 Å². The molecule has 140 valence electrons. The number of nitrogens with one attached hydrogen (secondary N) is 2. The number of para-hydroxylation sites is 1. The molecule has 0 spiro atoms. The molecule has 2 aliphatic heterocycles. The number of carbonyl (C=O) groups is 1. The van der Waals surface area contributed by atoms with Gasteiger partial charge in [0.1, 0.15) is 4.90 Å². The molecule has 1 amide bonds. The van der Waals surface area contributed by atoms with E-state index in [1.165, 1.54) is 11.6 Å². The van der Waals surface area contributed by atoms with Crippen molar-refractivity contribution in [1.29, 1.82) is 0 Å². The molecule has 0 saturated carbocycles. The van der Waals surface area contributed by atoms with Crippen molar-refractivity contribution in [3.05, 3.63) is 65.7 Å². The number of fused-ring (bicyclic) bond motifs is 1. The summed E-state index contributed by atoms with van der Waals surface area (Å²) in [5.41, 5.74) is 2.91. The molecule has 4 rings (SSSR count). The Balaban J connectivity index is 1.44. The average molecular weight is 383 g/mol. The fraction of sp³-hybridized carbons (Fsp3) is 0.250. The first kappa shape index (κ1) is 17.8. The molecule has 7 heteroatoms. The highest BCUT2D eigenvalue weighted by Gasteiger charge is 2.35. The van der Waals surface area contributed by atoms with Gasteiger partial charge in [0.25, 0.3) is 5.91 Å². The number of likely N-dealkylation sites (tertiary alicyclic amines) is 1. The summed E-state index contributed by atoms with van der Waals surface area (Å²) in [6.07, 6.45) is 2.78. The number of carbonyl (C=O) groups excluding carboxylic acids is 1. The Morgan fingerprint density at radius 3 is 2.41 bits per heavy atom. The summed E-state index contributed by atoms with van der Waals surface area (Å²) in [7, 11) is -3.70. The first-order valence-electron chi connectivity index (χ1n) is 8.94. The first-order chi connectivity index (χ1) is 13.0. The first-order valence-corrected chi connectivity index (χ1v) is 10.4. The second kappa shape index (κ2) is 7.17. The van der Waals surface area contributed by atoms with Crippen molar-refractivity contribution >= 4 is 27.7 Å². The van der Waals surface area contributed by atoms with E-state index in [2.05, 4.69) is 28.2 Å². The van der Waals surface area contributed by atoms with Gasteiger partial charge in [0.05, 0.1) is 5.69 Å². The minimum absolute atomic E-state index is 0.167. The number of rotatable bonds is 2. The highest BCUT2D eigenvalue weighted by Crippen LogP contribution is 2.27. The summed E-state index contributed by atoms with van der Waals surface area (Å²) in [5, 5.41) is 3.00. The van der Waals surface area contributed by atoms with E-state index in [9.17, 15) is 13.2 Å². The molecule has 2 aliphatic rings. The van der Waals surface area contributed by atoms with Crippen molar-refractivity contribution in [3.8, 4) is 0 Å². The summed E-state index contributed by atoms with van der Waals surface area (Å²) in [6, 6.07) is 16.7. The second-order valence-electron chi connectivity index (χ2n) is 6.73. The molecule has 1 unspecified atom stereocenters. The molecule has 1 saturated heterocycles. The van der Waals surface area contributed by atoms with Crippen LogP contribution in [0.15, 0.2) is 65.1 Å². The van der Waals surface area contributed by atoms with Crippen LogP contribution in [-0.2, 0) is 14.8 Å². The van der Waals surface area contributed by atoms with Crippen molar-refractivity contribution in [3.63, 3.8) is 0 Å². The van der Waals surface area contributed by atoms with Crippen LogP contribution in [0.3, 0.4) is 0 Å². The van der Waals surface area contributed by atoms with Crippen molar-refractivity contribution in [2.75, 3.05) is 18.4 Å². The Labute approximate surface area is 158 Å². The maximum Gasteiger partial charge on any atom is 0.261 e. The number of hydrogen-bond donors (Lipinski definition) is 2. The normalized spacial score (nSPS) is 21.1. The number of anilines is 1. The zero-order valence-corrected chi connectivity index (χ0v) is 15.6. The van der Waals surface area contributed by atoms with E-state index in [0.717, 1.165) is 18.4 Å². The molecular weight excluding hydrogens is 362 g/mol. The number of piperidine rings is 1. The predicted molar refractivity (Wildman–Crippen MR) is 104 cm³/mol. The summed E-state index contributed by atoms with van der Waals surface area (Å²) in [5.74, 6) is -0.244. The fourth-order valence-electron chi connectivity index (χ4n) is 3.46. The van der Waals surface area contributed by atoms with Crippen LogP contribution in [-0.4, -0.2) is 38.5 Å². The van der Waals surface area contributed by atoms with E-state index in [1.807, 2.05) is 18.2 Å². The lowest BCUT2D eigenvalue weighted by atomic mass is 10.0. The van der Waals surface area contributed by atoms with Crippen LogP contribution in [0, 0.1) is 0 Å². The monoisotopic (exact) mass is 383 g/mol. The lowest BCUT2D eigenvalue weighted by Gasteiger charge is -2.34. The quantitative estimate of drug-likeness (QED) is 0.835. The molecule has 2 aromatic carbocycles. The molecule has 2 aromatic rings. The maximum absolute atomic E-state index is 12.8. The third-order valence-electron chi connectivity index (χ3n) is 4.88. The third-order valence-corrected chi connectivity index (χ3v) is 6.37. The van der Waals surface area contributed by atoms with E-state index in [1.54, 1.807) is 23.1 Å². The summed E-state index contributed by atoms with van der Waals surface area (Å²) < 4.78 is 27.2. The van der Waals surface area contributed by atoms with Gasteiger partial charge in [0.15, 0.2) is 6.17 Å². The Morgan fingerprint density at radius 1 is 1.00 bits per heavy atom. The predicted octanol–water partition coefficient (Wildman–Crippen LogP) is 2.42. The molecule has 2 N–H and O–H groups in total. The Morgan fingerprint density at radius 2 is 1.67 bits per heavy atom. The molecule has 2 heterocycles. The number of hydrogen-bond acceptors (Lipinski definition) is 4. The van der Waals surface area contributed by atoms with Crippen LogP contribution in [0.25, 0.3) is 6.08 Å². The molecule has 6 nitrogen and oxygen atoms in total. The van der Waals surface area contributed by atoms with Gasteiger partial charge in [0, 0.05) is 13.1 Å². The lowest BCUT2D eigenvalue weighted by Crippen LogP contribution is -2.55. The van der Waals surface area contributed by atoms with E-state index in [4.69, 9.17) is 0 Å². The standard InChI is InChI=1S/C20H21N3O3S/c24-20(19-21-17-8-4-5-9-18(17)27(25,26)22-19)23-12-10-16(11-13-23)14-15-6-2-1-3-7-15/h1-9,14,19,21-22H,10-13H2. The number of nitrogens with zero attached hydrogens (tertiary/aromatic N) is 1. The molecule has 0 bridgehead atoms. The third kappa shape index (κ3) is 3.74. The van der Waals surface area contributed by atoms with Gasteiger partial charge in [-0.1, -0.05) is 54.1 Å². The van der Waals surface area contributed by atoms with Gasteiger partial charge >= 0.3 is 0 Å². The lowest BCUT2D eigenvalue weighted by molar-refractivity contribution is -0.132. The molecule has 0 radical (unpaired) electrons. The molecule has 1 atom stereocenters. The van der Waals surface area contributed by atoms with Crippen LogP contribution < -0.4 is 10.0 Å². The summed E-state index contributed by atoms with van der Waals surface area (Å²) >= 11 is 0. The van der Waals surface area contributed by atoms with E-state index in [-0.39, 0.29) is 10.8 Å². The van der Waals surface area contributed by atoms with E-state index in [0.29, 0.717) is 18.8 Å². The van der Waals surface area contributed by atoms with Crippen molar-refractivity contribution in [2.45, 2.75) is 23.9 Å². The van der Waals surface area contributed by atoms with Crippen LogP contribution in [0.2, 0.25) is 0 Å². The van der Waals surface area contributed by atoms with Crippen LogP contribution in [0.1, 0.15) is 18.4 Å². The van der Waals surface area contributed by atoms with Gasteiger partial charge in [-0.25, -0.2) is 8.42 Å². The molecular formula is C20H21N3O3S. The topological polar surface area (TPSA) is 78.5 Å². The van der Waals surface area contributed by atoms with Gasteiger partial charge in [-0.15, -0.1) is 0 Å². The molecule has 0 aliphatic carbocycles. The highest BCUT2D eigenvalue weighted by atomic mass is 32.2. The average Bonchev–Trinajstić information content (AvgIpc) is 2.68. The Kier molecular flexibility index (Phi) is 4.72. The van der Waals surface area contributed by atoms with Crippen molar-refractivity contribution < 1.29 is 13.2 Å². The van der Waals surface area contributed by atoms with Gasteiger partial charge in [-0.2, -0.15) is 4.72 Å². The largest absolute Gasteiger partial charge is 0.360 e. The zero-order valence-electron chi connectivity index (χ0n) is 14.8. The smallest absolute Gasteiger partial charge is 0.261 e. The second-order valence-corrected chi connectivity index (χ2v) is 8.42. The number of sulfonamides is 1. The Hall–Kier alpha value is -2.64. The Bertz CT molecular complexity index is 977. The highest BCUT2D eigenvalue weighted by molar-refractivity contribution is 7.89. The fourth-order valence-corrected chi connectivity index (χ4v) is 4.73. The number of benzene rings is 2. The van der Waals surface area contributed by atoms with Gasteiger partial charge in [0.2, 0.25) is 10.0 Å². The SMILES string of the molecule is O=C(C1Nc2ccccc2S(=O)(=O)N1)N1CCC(=Cc2ccccc2)CC1. The van der Waals surface area contributed by atoms with Crippen LogP contribution >= 0.6 is 0 Å². The molecule has 0 aromatic heterocycles. The zero-order chi connectivity index (χ0) is 18.9. The van der Waals surface area contributed by atoms with Gasteiger partial charge < -0.3 is 10.2 Å². The summed E-state index contributed by atoms with van der Waals surface area (Å²) in [4.78, 5) is 14.7. The van der Waals surface area contributed by atoms with Gasteiger partial charge in [-0.3, -0.25) is 4.79 Å². The maximum atomic E-state index is 12.8. The number of amides is 1. The van der Waals surface area contributed by atoms with Crippen LogP contribution in [0.4, 0.5) is 5.69 Å². The van der Waals surface area contributed by atoms with E-state index < -0.39 is 16.2 Å². The van der Waals surface area contributed by atoms with Crippen molar-refractivity contribution in [2.24, 2.45) is 0 Å². The molecule has 1 fully saturated rings.